The summed E-state index contributed by atoms with van der Waals surface area (Å²) in [4.78, 5) is 28.9. The van der Waals surface area contributed by atoms with Gasteiger partial charge in [0.25, 0.3) is 0 Å². The zero-order chi connectivity index (χ0) is 25.2. The molecule has 1 N–H and O–H groups in total. The van der Waals surface area contributed by atoms with Crippen molar-refractivity contribution in [1.29, 1.82) is 0 Å². The van der Waals surface area contributed by atoms with Crippen LogP contribution in [0.2, 0.25) is 10.0 Å². The van der Waals surface area contributed by atoms with Crippen LogP contribution in [0.15, 0.2) is 72.8 Å². The molecule has 0 bridgehead atoms. The summed E-state index contributed by atoms with van der Waals surface area (Å²) in [6, 6.07) is 22.2. The van der Waals surface area contributed by atoms with Gasteiger partial charge in [-0.05, 0) is 36.6 Å². The van der Waals surface area contributed by atoms with Gasteiger partial charge in [0.2, 0.25) is 11.8 Å². The van der Waals surface area contributed by atoms with Crippen LogP contribution in [0.25, 0.3) is 0 Å². The molecule has 184 valence electrons. The number of benzene rings is 3. The largest absolute Gasteiger partial charge is 0.354 e. The third-order valence-corrected chi connectivity index (χ3v) is 6.64. The van der Waals surface area contributed by atoms with Crippen molar-refractivity contribution in [3.05, 3.63) is 105 Å². The van der Waals surface area contributed by atoms with E-state index < -0.39 is 6.04 Å². The molecule has 0 fully saturated rings. The Morgan fingerprint density at radius 3 is 2.23 bits per heavy atom. The summed E-state index contributed by atoms with van der Waals surface area (Å²) in [5.41, 5.74) is 3.58. The van der Waals surface area contributed by atoms with Gasteiger partial charge in [0.1, 0.15) is 6.04 Å². The Bertz CT molecular complexity index is 1110. The summed E-state index contributed by atoms with van der Waals surface area (Å²) in [6.07, 6.45) is 2.41. The fourth-order valence-corrected chi connectivity index (χ4v) is 4.53. The highest BCUT2D eigenvalue weighted by Gasteiger charge is 2.31. The molecule has 2 amide bonds. The lowest BCUT2D eigenvalue weighted by Crippen LogP contribution is -2.51. The number of carbonyl (C=O) groups excluding carboxylic acids is 2. The number of halogens is 2. The van der Waals surface area contributed by atoms with Crippen molar-refractivity contribution in [1.82, 2.24) is 10.2 Å². The number of unbranched alkanes of at least 4 members (excludes halogenated alkanes) is 1. The minimum atomic E-state index is -0.709. The number of aryl methyl sites for hydroxylation is 1. The van der Waals surface area contributed by atoms with Crippen molar-refractivity contribution < 1.29 is 9.59 Å². The zero-order valence-electron chi connectivity index (χ0n) is 20.3. The average Bonchev–Trinajstić information content (AvgIpc) is 2.83. The lowest BCUT2D eigenvalue weighted by molar-refractivity contribution is -0.140. The lowest BCUT2D eigenvalue weighted by Gasteiger charge is -2.32. The summed E-state index contributed by atoms with van der Waals surface area (Å²) in [7, 11) is 0. The van der Waals surface area contributed by atoms with Crippen LogP contribution in [0.5, 0.6) is 0 Å². The van der Waals surface area contributed by atoms with Gasteiger partial charge in [-0.3, -0.25) is 9.59 Å². The smallest absolute Gasteiger partial charge is 0.243 e. The van der Waals surface area contributed by atoms with Gasteiger partial charge >= 0.3 is 0 Å². The second kappa shape index (κ2) is 13.3. The van der Waals surface area contributed by atoms with E-state index in [1.54, 1.807) is 23.1 Å². The van der Waals surface area contributed by atoms with E-state index in [-0.39, 0.29) is 24.8 Å². The van der Waals surface area contributed by atoms with E-state index in [2.05, 4.69) is 12.2 Å². The van der Waals surface area contributed by atoms with Gasteiger partial charge in [0.05, 0.1) is 6.42 Å². The van der Waals surface area contributed by atoms with E-state index >= 15 is 0 Å². The molecule has 4 nitrogen and oxygen atoms in total. The molecule has 1 atom stereocenters. The van der Waals surface area contributed by atoms with Crippen LogP contribution >= 0.6 is 23.2 Å². The number of hydrogen-bond acceptors (Lipinski definition) is 2. The Hall–Kier alpha value is -2.82. The molecular weight excluding hydrogens is 479 g/mol. The molecule has 0 radical (unpaired) electrons. The minimum Gasteiger partial charge on any atom is -0.354 e. The Balaban J connectivity index is 1.99. The molecule has 0 heterocycles. The number of hydrogen-bond donors (Lipinski definition) is 1. The first kappa shape index (κ1) is 26.8. The second-order valence-electron chi connectivity index (χ2n) is 8.74. The van der Waals surface area contributed by atoms with Crippen LogP contribution in [-0.4, -0.2) is 29.3 Å². The highest BCUT2D eigenvalue weighted by atomic mass is 35.5. The summed E-state index contributed by atoms with van der Waals surface area (Å²) in [6.45, 7) is 4.77. The molecule has 3 aromatic rings. The van der Waals surface area contributed by atoms with Crippen molar-refractivity contribution in [2.75, 3.05) is 6.54 Å². The predicted molar refractivity (Wildman–Crippen MR) is 144 cm³/mol. The highest BCUT2D eigenvalue weighted by Crippen LogP contribution is 2.27. The van der Waals surface area contributed by atoms with Crippen LogP contribution in [0, 0.1) is 6.92 Å². The maximum absolute atomic E-state index is 13.8. The highest BCUT2D eigenvalue weighted by molar-refractivity contribution is 6.36. The van der Waals surface area contributed by atoms with Gasteiger partial charge in [-0.1, -0.05) is 103 Å². The maximum atomic E-state index is 13.8. The first-order valence-electron chi connectivity index (χ1n) is 12.0. The van der Waals surface area contributed by atoms with Gasteiger partial charge in [0, 0.05) is 35.1 Å². The topological polar surface area (TPSA) is 49.4 Å². The van der Waals surface area contributed by atoms with E-state index in [0.29, 0.717) is 28.6 Å². The van der Waals surface area contributed by atoms with E-state index in [9.17, 15) is 9.59 Å². The van der Waals surface area contributed by atoms with Crippen LogP contribution in [0.3, 0.4) is 0 Å². The molecule has 35 heavy (non-hydrogen) atoms. The van der Waals surface area contributed by atoms with Gasteiger partial charge in [-0.2, -0.15) is 0 Å². The van der Waals surface area contributed by atoms with Crippen molar-refractivity contribution in [2.24, 2.45) is 0 Å². The average molecular weight is 511 g/mol. The van der Waals surface area contributed by atoms with E-state index in [1.165, 1.54) is 0 Å². The SMILES string of the molecule is CCCCNC(=O)C(Cc1ccccc1)N(Cc1c(Cl)cccc1Cl)C(=O)Cc1cccc(C)c1. The third kappa shape index (κ3) is 7.84. The molecule has 0 saturated carbocycles. The fourth-order valence-electron chi connectivity index (χ4n) is 4.01. The molecule has 1 unspecified atom stereocenters. The second-order valence-corrected chi connectivity index (χ2v) is 9.55. The molecule has 0 aliphatic carbocycles. The molecule has 6 heteroatoms. The summed E-state index contributed by atoms with van der Waals surface area (Å²) < 4.78 is 0. The summed E-state index contributed by atoms with van der Waals surface area (Å²) >= 11 is 13.0. The normalized spacial score (nSPS) is 11.7. The van der Waals surface area contributed by atoms with Gasteiger partial charge in [0.15, 0.2) is 0 Å². The quantitative estimate of drug-likeness (QED) is 0.303. The van der Waals surface area contributed by atoms with E-state index in [4.69, 9.17) is 23.2 Å². The molecule has 3 aromatic carbocycles. The van der Waals surface area contributed by atoms with Crippen molar-refractivity contribution in [3.63, 3.8) is 0 Å². The van der Waals surface area contributed by atoms with Crippen molar-refractivity contribution in [3.8, 4) is 0 Å². The number of nitrogens with zero attached hydrogens (tertiary/aromatic N) is 1. The number of carbonyl (C=O) groups is 2. The summed E-state index contributed by atoms with van der Waals surface area (Å²) in [5, 5.41) is 3.96. The standard InChI is InChI=1S/C29H32Cl2N2O2/c1-3-4-16-32-29(35)27(18-22-11-6-5-7-12-22)33(20-24-25(30)14-9-15-26(24)31)28(34)19-23-13-8-10-21(2)17-23/h5-15,17,27H,3-4,16,18-20H2,1-2H3,(H,32,35). The molecule has 0 aliphatic rings. The fraction of sp³-hybridized carbons (Fsp3) is 0.310. The molecule has 0 aliphatic heterocycles. The van der Waals surface area contributed by atoms with E-state index in [1.807, 2.05) is 61.5 Å². The molecule has 0 aromatic heterocycles. The number of nitrogens with one attached hydrogen (secondary N) is 1. The van der Waals surface area contributed by atoms with E-state index in [0.717, 1.165) is 29.5 Å². The van der Waals surface area contributed by atoms with Crippen LogP contribution in [0.1, 0.15) is 42.0 Å². The number of amides is 2. The minimum absolute atomic E-state index is 0.141. The Morgan fingerprint density at radius 2 is 1.57 bits per heavy atom. The molecule has 3 rings (SSSR count). The Kier molecular flexibility index (Phi) is 10.2. The van der Waals surface area contributed by atoms with Crippen LogP contribution in [-0.2, 0) is 29.0 Å². The summed E-state index contributed by atoms with van der Waals surface area (Å²) in [5.74, 6) is -0.332. The third-order valence-electron chi connectivity index (χ3n) is 5.93. The molecule has 0 saturated heterocycles. The predicted octanol–water partition coefficient (Wildman–Crippen LogP) is 6.40. The van der Waals surface area contributed by atoms with Crippen molar-refractivity contribution in [2.45, 2.75) is 52.1 Å². The number of rotatable bonds is 11. The van der Waals surface area contributed by atoms with Crippen LogP contribution < -0.4 is 5.32 Å². The first-order chi connectivity index (χ1) is 16.9. The monoisotopic (exact) mass is 510 g/mol. The molecular formula is C29H32Cl2N2O2. The maximum Gasteiger partial charge on any atom is 0.243 e. The van der Waals surface area contributed by atoms with Crippen LogP contribution in [0.4, 0.5) is 0 Å². The van der Waals surface area contributed by atoms with Crippen molar-refractivity contribution >= 4 is 35.0 Å². The van der Waals surface area contributed by atoms with Gasteiger partial charge in [-0.15, -0.1) is 0 Å². The lowest BCUT2D eigenvalue weighted by atomic mass is 10.0. The Morgan fingerprint density at radius 1 is 0.914 bits per heavy atom. The van der Waals surface area contributed by atoms with Gasteiger partial charge in [-0.25, -0.2) is 0 Å². The first-order valence-corrected chi connectivity index (χ1v) is 12.7. The molecule has 0 spiro atoms. The Labute approximate surface area is 218 Å². The zero-order valence-corrected chi connectivity index (χ0v) is 21.8. The van der Waals surface area contributed by atoms with Gasteiger partial charge < -0.3 is 10.2 Å².